The Hall–Kier alpha value is -1.77. The second-order valence-electron chi connectivity index (χ2n) is 5.11. The lowest BCUT2D eigenvalue weighted by Gasteiger charge is -2.05. The number of amides is 1. The number of carbonyl (C=O) groups excluding carboxylic acids is 1. The van der Waals surface area contributed by atoms with Gasteiger partial charge in [-0.3, -0.25) is 4.79 Å². The van der Waals surface area contributed by atoms with Gasteiger partial charge in [0.2, 0.25) is 5.91 Å². The Morgan fingerprint density at radius 2 is 2.11 bits per heavy atom. The number of aryl methyl sites for hydroxylation is 1. The highest BCUT2D eigenvalue weighted by atomic mass is 16.1. The topological polar surface area (TPSA) is 44.9 Å². The Kier molecular flexibility index (Phi) is 4.61. The molecule has 1 heterocycles. The van der Waals surface area contributed by atoms with Crippen molar-refractivity contribution < 1.29 is 4.79 Å². The van der Waals surface area contributed by atoms with E-state index in [0.29, 0.717) is 6.42 Å². The molecule has 0 bridgehead atoms. The number of aromatic nitrogens is 1. The third kappa shape index (κ3) is 3.85. The molecule has 1 amide bonds. The summed E-state index contributed by atoms with van der Waals surface area (Å²) in [6.07, 6.45) is 3.89. The molecule has 0 saturated heterocycles. The molecule has 0 unspecified atom stereocenters. The zero-order chi connectivity index (χ0) is 13.7. The number of unbranched alkanes of at least 4 members (excludes halogenated alkanes) is 2. The van der Waals surface area contributed by atoms with Crippen LogP contribution in [0.25, 0.3) is 10.9 Å². The first-order valence-corrected chi connectivity index (χ1v) is 7.04. The van der Waals surface area contributed by atoms with Crippen LogP contribution in [0.1, 0.15) is 37.4 Å². The maximum absolute atomic E-state index is 11.8. The summed E-state index contributed by atoms with van der Waals surface area (Å²) in [5.41, 5.74) is 3.35. The molecule has 0 spiro atoms. The van der Waals surface area contributed by atoms with E-state index < -0.39 is 0 Å². The number of hydrogen-bond acceptors (Lipinski definition) is 1. The van der Waals surface area contributed by atoms with Crippen molar-refractivity contribution in [3.05, 3.63) is 35.5 Å². The van der Waals surface area contributed by atoms with Gasteiger partial charge < -0.3 is 10.3 Å². The summed E-state index contributed by atoms with van der Waals surface area (Å²) >= 11 is 0. The summed E-state index contributed by atoms with van der Waals surface area (Å²) in [4.78, 5) is 15.1. The minimum absolute atomic E-state index is 0.114. The normalized spacial score (nSPS) is 10.8. The van der Waals surface area contributed by atoms with Crippen LogP contribution in [0.4, 0.5) is 0 Å². The highest BCUT2D eigenvalue weighted by Gasteiger charge is 2.04. The van der Waals surface area contributed by atoms with E-state index in [0.717, 1.165) is 29.7 Å². The van der Waals surface area contributed by atoms with Crippen molar-refractivity contribution in [3.8, 4) is 0 Å². The fourth-order valence-electron chi connectivity index (χ4n) is 2.29. The molecule has 3 heteroatoms. The maximum Gasteiger partial charge on any atom is 0.224 e. The van der Waals surface area contributed by atoms with Gasteiger partial charge in [-0.1, -0.05) is 25.8 Å². The van der Waals surface area contributed by atoms with Gasteiger partial charge in [0.25, 0.3) is 0 Å². The first-order valence-electron chi connectivity index (χ1n) is 7.04. The molecule has 2 N–H and O–H groups in total. The molecular weight excluding hydrogens is 236 g/mol. The van der Waals surface area contributed by atoms with E-state index in [-0.39, 0.29) is 5.91 Å². The quantitative estimate of drug-likeness (QED) is 0.767. The molecule has 2 rings (SSSR count). The van der Waals surface area contributed by atoms with E-state index >= 15 is 0 Å². The van der Waals surface area contributed by atoms with Gasteiger partial charge in [0, 0.05) is 17.8 Å². The van der Waals surface area contributed by atoms with Crippen LogP contribution in [0.15, 0.2) is 24.3 Å². The second-order valence-corrected chi connectivity index (χ2v) is 5.11. The van der Waals surface area contributed by atoms with Gasteiger partial charge in [-0.05, 0) is 42.5 Å². The van der Waals surface area contributed by atoms with Crippen LogP contribution in [-0.2, 0) is 11.2 Å². The first-order chi connectivity index (χ1) is 9.19. The predicted octanol–water partition coefficient (Wildman–Crippen LogP) is 3.33. The number of rotatable bonds is 6. The minimum Gasteiger partial charge on any atom is -0.359 e. The monoisotopic (exact) mass is 258 g/mol. The Balaban J connectivity index is 1.91. The zero-order valence-electron chi connectivity index (χ0n) is 11.8. The second kappa shape index (κ2) is 6.41. The maximum atomic E-state index is 11.8. The number of nitrogens with one attached hydrogen (secondary N) is 2. The summed E-state index contributed by atoms with van der Waals surface area (Å²) < 4.78 is 0. The van der Waals surface area contributed by atoms with E-state index in [9.17, 15) is 4.79 Å². The summed E-state index contributed by atoms with van der Waals surface area (Å²) in [7, 11) is 0. The Bertz CT molecular complexity index is 557. The molecule has 1 aromatic heterocycles. The lowest BCUT2D eigenvalue weighted by Crippen LogP contribution is -2.26. The van der Waals surface area contributed by atoms with Crippen LogP contribution in [0.5, 0.6) is 0 Å². The molecule has 0 atom stereocenters. The number of carbonyl (C=O) groups is 1. The van der Waals surface area contributed by atoms with Crippen LogP contribution in [-0.4, -0.2) is 17.4 Å². The summed E-state index contributed by atoms with van der Waals surface area (Å²) in [5, 5.41) is 4.15. The van der Waals surface area contributed by atoms with Crippen molar-refractivity contribution in [1.29, 1.82) is 0 Å². The third-order valence-electron chi connectivity index (χ3n) is 3.29. The minimum atomic E-state index is 0.114. The fourth-order valence-corrected chi connectivity index (χ4v) is 2.29. The van der Waals surface area contributed by atoms with Gasteiger partial charge in [-0.2, -0.15) is 0 Å². The molecule has 0 radical (unpaired) electrons. The molecule has 102 valence electrons. The largest absolute Gasteiger partial charge is 0.359 e. The summed E-state index contributed by atoms with van der Waals surface area (Å²) in [5.74, 6) is 0.114. The van der Waals surface area contributed by atoms with Gasteiger partial charge >= 0.3 is 0 Å². The van der Waals surface area contributed by atoms with Gasteiger partial charge in [0.15, 0.2) is 0 Å². The Labute approximate surface area is 114 Å². The van der Waals surface area contributed by atoms with Gasteiger partial charge in [-0.25, -0.2) is 0 Å². The van der Waals surface area contributed by atoms with Gasteiger partial charge in [0.1, 0.15) is 0 Å². The van der Waals surface area contributed by atoms with Crippen LogP contribution in [0.2, 0.25) is 0 Å². The van der Waals surface area contributed by atoms with E-state index in [4.69, 9.17) is 0 Å². The van der Waals surface area contributed by atoms with Gasteiger partial charge in [-0.15, -0.1) is 0 Å². The SMILES string of the molecule is CCCCCNC(=O)Cc1ccc2[nH]c(C)cc2c1. The number of hydrogen-bond donors (Lipinski definition) is 2. The zero-order valence-corrected chi connectivity index (χ0v) is 11.8. The number of fused-ring (bicyclic) bond motifs is 1. The number of benzene rings is 1. The van der Waals surface area contributed by atoms with E-state index in [1.165, 1.54) is 18.2 Å². The summed E-state index contributed by atoms with van der Waals surface area (Å²) in [6.45, 7) is 4.99. The van der Waals surface area contributed by atoms with E-state index in [1.807, 2.05) is 19.1 Å². The Morgan fingerprint density at radius 3 is 2.89 bits per heavy atom. The molecule has 0 aliphatic rings. The van der Waals surface area contributed by atoms with Crippen molar-refractivity contribution in [2.45, 2.75) is 39.5 Å². The van der Waals surface area contributed by atoms with Crippen LogP contribution in [0, 0.1) is 6.92 Å². The predicted molar refractivity (Wildman–Crippen MR) is 79.3 cm³/mol. The van der Waals surface area contributed by atoms with E-state index in [2.05, 4.69) is 29.4 Å². The summed E-state index contributed by atoms with van der Waals surface area (Å²) in [6, 6.07) is 8.26. The molecule has 0 aliphatic heterocycles. The van der Waals surface area contributed by atoms with Crippen molar-refractivity contribution in [2.24, 2.45) is 0 Å². The first kappa shape index (κ1) is 13.7. The number of aromatic amines is 1. The van der Waals surface area contributed by atoms with Crippen molar-refractivity contribution in [3.63, 3.8) is 0 Å². The highest BCUT2D eigenvalue weighted by molar-refractivity contribution is 5.84. The smallest absolute Gasteiger partial charge is 0.224 e. The molecule has 0 aliphatic carbocycles. The standard InChI is InChI=1S/C16H22N2O/c1-3-4-5-8-17-16(19)11-13-6-7-15-14(10-13)9-12(2)18-15/h6-7,9-10,18H,3-5,8,11H2,1-2H3,(H,17,19). The molecule has 19 heavy (non-hydrogen) atoms. The molecular formula is C16H22N2O. The average molecular weight is 258 g/mol. The highest BCUT2D eigenvalue weighted by Crippen LogP contribution is 2.17. The van der Waals surface area contributed by atoms with Crippen molar-refractivity contribution >= 4 is 16.8 Å². The third-order valence-corrected chi connectivity index (χ3v) is 3.29. The van der Waals surface area contributed by atoms with Crippen molar-refractivity contribution in [1.82, 2.24) is 10.3 Å². The lowest BCUT2D eigenvalue weighted by molar-refractivity contribution is -0.120. The van der Waals surface area contributed by atoms with Crippen molar-refractivity contribution in [2.75, 3.05) is 6.54 Å². The average Bonchev–Trinajstić information content (AvgIpc) is 2.74. The van der Waals surface area contributed by atoms with Crippen LogP contribution < -0.4 is 5.32 Å². The Morgan fingerprint density at radius 1 is 1.26 bits per heavy atom. The molecule has 2 aromatic rings. The van der Waals surface area contributed by atoms with E-state index in [1.54, 1.807) is 0 Å². The van der Waals surface area contributed by atoms with Crippen LogP contribution >= 0.6 is 0 Å². The van der Waals surface area contributed by atoms with Crippen LogP contribution in [0.3, 0.4) is 0 Å². The molecule has 0 fully saturated rings. The molecule has 1 aromatic carbocycles. The number of H-pyrrole nitrogens is 1. The van der Waals surface area contributed by atoms with Gasteiger partial charge in [0.05, 0.1) is 6.42 Å². The molecule has 0 saturated carbocycles. The molecule has 3 nitrogen and oxygen atoms in total. The lowest BCUT2D eigenvalue weighted by atomic mass is 10.1. The fraction of sp³-hybridized carbons (Fsp3) is 0.438.